The molecule has 0 aromatic carbocycles. The molecule has 0 bridgehead atoms. The van der Waals surface area contributed by atoms with Crippen LogP contribution in [0.3, 0.4) is 0 Å². The first-order chi connectivity index (χ1) is 3.50. The average Bonchev–Trinajstić information content (AvgIpc) is 1.67. The van der Waals surface area contributed by atoms with E-state index in [1.165, 1.54) is 13.8 Å². The van der Waals surface area contributed by atoms with Crippen LogP contribution in [0.1, 0.15) is 13.8 Å². The van der Waals surface area contributed by atoms with E-state index in [2.05, 4.69) is 0 Å². The minimum Gasteiger partial charge on any atom is -0.383 e. The van der Waals surface area contributed by atoms with Crippen LogP contribution in [-0.4, -0.2) is 24.3 Å². The molecule has 0 aromatic heterocycles. The molecule has 0 heterocycles. The molecule has 2 nitrogen and oxygen atoms in total. The van der Waals surface area contributed by atoms with Gasteiger partial charge < -0.3 is 5.11 Å². The van der Waals surface area contributed by atoms with Gasteiger partial charge in [-0.1, -0.05) is 0 Å². The highest BCUT2D eigenvalue weighted by Gasteiger charge is 2.22. The summed E-state index contributed by atoms with van der Waals surface area (Å²) in [4.78, 5) is 10.4. The number of aliphatic hydroxyl groups is 1. The van der Waals surface area contributed by atoms with Crippen molar-refractivity contribution in [1.29, 1.82) is 0 Å². The van der Waals surface area contributed by atoms with Crippen molar-refractivity contribution in [3.05, 3.63) is 0 Å². The lowest BCUT2D eigenvalue weighted by molar-refractivity contribution is -0.131. The van der Waals surface area contributed by atoms with Crippen molar-refractivity contribution < 1.29 is 9.90 Å². The molecule has 0 rings (SSSR count). The molecular formula is C5H11BO2. The molecule has 0 amide bonds. The molecule has 0 unspecified atom stereocenters. The summed E-state index contributed by atoms with van der Waals surface area (Å²) in [7, 11) is 1.78. The number of hydrogen-bond donors (Lipinski definition) is 1. The number of hydrogen-bond acceptors (Lipinski definition) is 2. The first kappa shape index (κ1) is 7.69. The van der Waals surface area contributed by atoms with Gasteiger partial charge in [0.05, 0.1) is 0 Å². The Morgan fingerprint density at radius 1 is 1.88 bits per heavy atom. The molecule has 0 aliphatic heterocycles. The molecule has 0 radical (unpaired) electrons. The summed E-state index contributed by atoms with van der Waals surface area (Å²) >= 11 is 0. The van der Waals surface area contributed by atoms with Crippen molar-refractivity contribution in [2.24, 2.45) is 0 Å². The third-order valence-electron chi connectivity index (χ3n) is 1.45. The van der Waals surface area contributed by atoms with Gasteiger partial charge in [-0.3, -0.25) is 4.79 Å². The quantitative estimate of drug-likeness (QED) is 0.485. The molecule has 0 fully saturated rings. The summed E-state index contributed by atoms with van der Waals surface area (Å²) in [6.07, 6.45) is 0.488. The second-order valence-corrected chi connectivity index (χ2v) is 2.18. The molecule has 0 aliphatic rings. The van der Waals surface area contributed by atoms with E-state index >= 15 is 0 Å². The average molecular weight is 114 g/mol. The summed E-state index contributed by atoms with van der Waals surface area (Å²) in [6, 6.07) is 0. The van der Waals surface area contributed by atoms with E-state index in [1.54, 1.807) is 7.85 Å². The van der Waals surface area contributed by atoms with E-state index in [-0.39, 0.29) is 5.78 Å². The van der Waals surface area contributed by atoms with Gasteiger partial charge >= 0.3 is 0 Å². The minimum absolute atomic E-state index is 0.167. The van der Waals surface area contributed by atoms with E-state index < -0.39 is 5.60 Å². The number of ketones is 1. The Balaban J connectivity index is 3.91. The van der Waals surface area contributed by atoms with Crippen molar-refractivity contribution >= 4 is 13.6 Å². The molecule has 1 atom stereocenters. The molecule has 3 heteroatoms. The van der Waals surface area contributed by atoms with E-state index in [9.17, 15) is 4.79 Å². The third-order valence-corrected chi connectivity index (χ3v) is 1.45. The predicted molar refractivity (Wildman–Crippen MR) is 34.7 cm³/mol. The fraction of sp³-hybridized carbons (Fsp3) is 0.800. The van der Waals surface area contributed by atoms with Gasteiger partial charge in [0.1, 0.15) is 13.4 Å². The van der Waals surface area contributed by atoms with Crippen LogP contribution in [0.25, 0.3) is 0 Å². The summed E-state index contributed by atoms with van der Waals surface area (Å²) in [5.41, 5.74) is -1.10. The van der Waals surface area contributed by atoms with Crippen LogP contribution in [-0.2, 0) is 4.79 Å². The molecular weight excluding hydrogens is 103 g/mol. The Bertz CT molecular complexity index is 98.6. The number of Topliss-reactive ketones (excluding diaryl/α,β-unsaturated/α-hetero) is 1. The fourth-order valence-electron chi connectivity index (χ4n) is 0.249. The van der Waals surface area contributed by atoms with Gasteiger partial charge in [-0.2, -0.15) is 0 Å². The van der Waals surface area contributed by atoms with Crippen LogP contribution in [0.4, 0.5) is 0 Å². The highest BCUT2D eigenvalue weighted by Crippen LogP contribution is 2.07. The SMILES string of the molecule is BC[C@](C)(O)C(C)=O. The molecule has 0 saturated carbocycles. The van der Waals surface area contributed by atoms with Crippen LogP contribution in [0.5, 0.6) is 0 Å². The Kier molecular flexibility index (Phi) is 2.22. The van der Waals surface area contributed by atoms with Crippen molar-refractivity contribution in [3.8, 4) is 0 Å². The highest BCUT2D eigenvalue weighted by molar-refractivity contribution is 6.11. The molecule has 0 aromatic rings. The molecule has 0 saturated heterocycles. The highest BCUT2D eigenvalue weighted by atomic mass is 16.3. The lowest BCUT2D eigenvalue weighted by Gasteiger charge is -2.15. The largest absolute Gasteiger partial charge is 0.383 e. The number of carbonyl (C=O) groups excluding carboxylic acids is 1. The van der Waals surface area contributed by atoms with E-state index in [4.69, 9.17) is 5.11 Å². The standard InChI is InChI=1S/C5H11BO2/c1-4(7)5(2,8)3-6/h8H,3,6H2,1-2H3/t5-/m0/s1. The smallest absolute Gasteiger partial charge is 0.160 e. The van der Waals surface area contributed by atoms with Crippen molar-refractivity contribution in [3.63, 3.8) is 0 Å². The normalized spacial score (nSPS) is 17.4. The van der Waals surface area contributed by atoms with Crippen LogP contribution in [0, 0.1) is 0 Å². The number of carbonyl (C=O) groups is 1. The number of rotatable bonds is 2. The van der Waals surface area contributed by atoms with Gasteiger partial charge in [0.2, 0.25) is 0 Å². The Morgan fingerprint density at radius 3 is 2.25 bits per heavy atom. The van der Waals surface area contributed by atoms with Crippen LogP contribution in [0.15, 0.2) is 0 Å². The topological polar surface area (TPSA) is 37.3 Å². The van der Waals surface area contributed by atoms with Crippen LogP contribution in [0.2, 0.25) is 6.32 Å². The van der Waals surface area contributed by atoms with Gasteiger partial charge in [-0.05, 0) is 20.2 Å². The van der Waals surface area contributed by atoms with Gasteiger partial charge in [-0.25, -0.2) is 0 Å². The lowest BCUT2D eigenvalue weighted by atomic mass is 9.86. The molecule has 8 heavy (non-hydrogen) atoms. The van der Waals surface area contributed by atoms with Gasteiger partial charge in [0, 0.05) is 0 Å². The molecule has 0 spiro atoms. The summed E-state index contributed by atoms with van der Waals surface area (Å²) in [6.45, 7) is 2.92. The summed E-state index contributed by atoms with van der Waals surface area (Å²) < 4.78 is 0. The van der Waals surface area contributed by atoms with E-state index in [0.29, 0.717) is 6.32 Å². The zero-order chi connectivity index (χ0) is 6.78. The Morgan fingerprint density at radius 2 is 2.25 bits per heavy atom. The fourth-order valence-corrected chi connectivity index (χ4v) is 0.249. The van der Waals surface area contributed by atoms with E-state index in [0.717, 1.165) is 0 Å². The molecule has 1 N–H and O–H groups in total. The maximum Gasteiger partial charge on any atom is 0.160 e. The maximum atomic E-state index is 10.4. The van der Waals surface area contributed by atoms with Gasteiger partial charge in [0.25, 0.3) is 0 Å². The zero-order valence-electron chi connectivity index (χ0n) is 5.56. The monoisotopic (exact) mass is 114 g/mol. The Hall–Kier alpha value is -0.305. The third kappa shape index (κ3) is 1.66. The second kappa shape index (κ2) is 2.31. The summed E-state index contributed by atoms with van der Waals surface area (Å²) in [5, 5.41) is 9.05. The molecule has 0 aliphatic carbocycles. The maximum absolute atomic E-state index is 10.4. The second-order valence-electron chi connectivity index (χ2n) is 2.18. The van der Waals surface area contributed by atoms with Crippen LogP contribution >= 0.6 is 0 Å². The van der Waals surface area contributed by atoms with Gasteiger partial charge in [-0.15, -0.1) is 0 Å². The summed E-state index contributed by atoms with van der Waals surface area (Å²) in [5.74, 6) is -0.167. The zero-order valence-corrected chi connectivity index (χ0v) is 5.56. The predicted octanol–water partition coefficient (Wildman–Crippen LogP) is -0.622. The first-order valence-electron chi connectivity index (χ1n) is 2.74. The van der Waals surface area contributed by atoms with E-state index in [1.807, 2.05) is 0 Å². The van der Waals surface area contributed by atoms with Gasteiger partial charge in [0.15, 0.2) is 5.78 Å². The van der Waals surface area contributed by atoms with Crippen molar-refractivity contribution in [2.45, 2.75) is 25.8 Å². The van der Waals surface area contributed by atoms with Crippen molar-refractivity contribution in [2.75, 3.05) is 0 Å². The molecule has 46 valence electrons. The minimum atomic E-state index is -1.10. The first-order valence-corrected chi connectivity index (χ1v) is 2.74. The Labute approximate surface area is 50.3 Å². The lowest BCUT2D eigenvalue weighted by Crippen LogP contribution is -2.31. The van der Waals surface area contributed by atoms with Crippen molar-refractivity contribution in [1.82, 2.24) is 0 Å². The van der Waals surface area contributed by atoms with Crippen LogP contribution < -0.4 is 0 Å².